The molecule has 3 heteroatoms. The molecule has 0 saturated heterocycles. The molecular formula is C53H37N3. The SMILES string of the molecule is C=C/C=C\c1c(N(c2cccnc2)c2cccc(-c3ccc4c5c(cccc35)-c3c-4c(-c4ccccc4)c4ccccc4c3-c3ccccc3)c2)ccnc1C. The van der Waals surface area contributed by atoms with E-state index in [9.17, 15) is 0 Å². The lowest BCUT2D eigenvalue weighted by atomic mass is 9.82. The zero-order valence-electron chi connectivity index (χ0n) is 31.0. The molecule has 0 saturated carbocycles. The van der Waals surface area contributed by atoms with Crippen LogP contribution in [0.5, 0.6) is 0 Å². The topological polar surface area (TPSA) is 29.0 Å². The van der Waals surface area contributed by atoms with Gasteiger partial charge in [-0.2, -0.15) is 0 Å². The first-order chi connectivity index (χ1) is 27.7. The van der Waals surface area contributed by atoms with Crippen molar-refractivity contribution in [2.24, 2.45) is 0 Å². The predicted octanol–water partition coefficient (Wildman–Crippen LogP) is 14.4. The van der Waals surface area contributed by atoms with Crippen LogP contribution in [0.4, 0.5) is 17.1 Å². The van der Waals surface area contributed by atoms with Crippen LogP contribution in [0.3, 0.4) is 0 Å². The molecule has 1 aliphatic rings. The maximum atomic E-state index is 4.64. The highest BCUT2D eigenvalue weighted by Crippen LogP contribution is 2.58. The Kier molecular flexibility index (Phi) is 8.19. The first-order valence-corrected chi connectivity index (χ1v) is 19.0. The lowest BCUT2D eigenvalue weighted by molar-refractivity contribution is 1.15. The standard InChI is InChI=1S/C53H37N3/c1-3-4-23-41-35(2)55-32-30-48(41)56(40-22-15-31-54-34-40)39-21-13-20-38(33-39)42-28-29-47-51-43(42)26-14-27-46(51)52-49(36-16-7-5-8-17-36)44-24-11-12-25-45(44)50(53(47)52)37-18-9-6-10-19-37/h3-34H,1H2,2H3/b23-4-. The molecular weight excluding hydrogens is 679 g/mol. The van der Waals surface area contributed by atoms with Gasteiger partial charge in [0.05, 0.1) is 17.6 Å². The van der Waals surface area contributed by atoms with E-state index in [-0.39, 0.29) is 0 Å². The Morgan fingerprint density at radius 2 is 1.12 bits per heavy atom. The summed E-state index contributed by atoms with van der Waals surface area (Å²) in [5, 5.41) is 5.05. The number of anilines is 3. The van der Waals surface area contributed by atoms with Crippen LogP contribution in [0, 0.1) is 6.92 Å². The van der Waals surface area contributed by atoms with Crippen LogP contribution < -0.4 is 4.90 Å². The van der Waals surface area contributed by atoms with Crippen molar-refractivity contribution in [3.63, 3.8) is 0 Å². The second-order valence-corrected chi connectivity index (χ2v) is 14.2. The van der Waals surface area contributed by atoms with E-state index < -0.39 is 0 Å². The van der Waals surface area contributed by atoms with Crippen molar-refractivity contribution in [1.82, 2.24) is 9.97 Å². The summed E-state index contributed by atoms with van der Waals surface area (Å²) >= 11 is 0. The molecule has 9 aromatic rings. The van der Waals surface area contributed by atoms with Gasteiger partial charge in [0.25, 0.3) is 0 Å². The van der Waals surface area contributed by atoms with E-state index in [2.05, 4.69) is 179 Å². The second-order valence-electron chi connectivity index (χ2n) is 14.2. The average Bonchev–Trinajstić information content (AvgIpc) is 3.58. The number of nitrogens with zero attached hydrogens (tertiary/aromatic N) is 3. The van der Waals surface area contributed by atoms with Gasteiger partial charge in [-0.15, -0.1) is 0 Å². The normalized spacial score (nSPS) is 11.7. The van der Waals surface area contributed by atoms with E-state index in [0.717, 1.165) is 33.9 Å². The first-order valence-electron chi connectivity index (χ1n) is 19.0. The Labute approximate surface area is 327 Å². The summed E-state index contributed by atoms with van der Waals surface area (Å²) in [6.07, 6.45) is 11.4. The van der Waals surface area contributed by atoms with E-state index in [4.69, 9.17) is 0 Å². The zero-order chi connectivity index (χ0) is 37.6. The van der Waals surface area contributed by atoms with Crippen molar-refractivity contribution in [1.29, 1.82) is 0 Å². The van der Waals surface area contributed by atoms with E-state index in [1.807, 2.05) is 37.7 Å². The summed E-state index contributed by atoms with van der Waals surface area (Å²) < 4.78 is 0. The molecule has 0 atom stereocenters. The largest absolute Gasteiger partial charge is 0.308 e. The molecule has 56 heavy (non-hydrogen) atoms. The molecule has 10 rings (SSSR count). The van der Waals surface area contributed by atoms with Crippen LogP contribution in [0.25, 0.3) is 83.3 Å². The van der Waals surface area contributed by atoms with Crippen LogP contribution in [0.15, 0.2) is 195 Å². The Morgan fingerprint density at radius 1 is 0.518 bits per heavy atom. The summed E-state index contributed by atoms with van der Waals surface area (Å²) in [6, 6.07) is 57.3. The Balaban J connectivity index is 1.22. The van der Waals surface area contributed by atoms with Gasteiger partial charge in [0, 0.05) is 29.3 Å². The maximum absolute atomic E-state index is 4.64. The smallest absolute Gasteiger partial charge is 0.0645 e. The summed E-state index contributed by atoms with van der Waals surface area (Å²) in [5.74, 6) is 0. The Morgan fingerprint density at radius 3 is 1.80 bits per heavy atom. The fourth-order valence-corrected chi connectivity index (χ4v) is 8.72. The van der Waals surface area contributed by atoms with Crippen molar-refractivity contribution in [2.75, 3.05) is 4.90 Å². The quantitative estimate of drug-likeness (QED) is 0.147. The van der Waals surface area contributed by atoms with Crippen LogP contribution in [0.1, 0.15) is 11.3 Å². The number of pyridine rings is 2. The highest BCUT2D eigenvalue weighted by atomic mass is 15.2. The van der Waals surface area contributed by atoms with E-state index in [0.29, 0.717) is 0 Å². The molecule has 0 aliphatic heterocycles. The minimum atomic E-state index is 0.940. The van der Waals surface area contributed by atoms with Gasteiger partial charge in [0.1, 0.15) is 0 Å². The van der Waals surface area contributed by atoms with Crippen LogP contribution >= 0.6 is 0 Å². The third kappa shape index (κ3) is 5.36. The number of aromatic nitrogens is 2. The lowest BCUT2D eigenvalue weighted by Crippen LogP contribution is -2.12. The molecule has 0 bridgehead atoms. The molecule has 2 heterocycles. The van der Waals surface area contributed by atoms with Gasteiger partial charge >= 0.3 is 0 Å². The van der Waals surface area contributed by atoms with Gasteiger partial charge in [0.2, 0.25) is 0 Å². The van der Waals surface area contributed by atoms with E-state index >= 15 is 0 Å². The molecule has 0 fully saturated rings. The zero-order valence-corrected chi connectivity index (χ0v) is 31.0. The van der Waals surface area contributed by atoms with Gasteiger partial charge in [0.15, 0.2) is 0 Å². The fourth-order valence-electron chi connectivity index (χ4n) is 8.72. The number of hydrogen-bond acceptors (Lipinski definition) is 3. The summed E-state index contributed by atoms with van der Waals surface area (Å²) in [4.78, 5) is 11.4. The van der Waals surface area contributed by atoms with Crippen molar-refractivity contribution < 1.29 is 0 Å². The molecule has 0 unspecified atom stereocenters. The van der Waals surface area contributed by atoms with Crippen LogP contribution in [-0.4, -0.2) is 9.97 Å². The summed E-state index contributed by atoms with van der Waals surface area (Å²) in [6.45, 7) is 5.97. The molecule has 0 radical (unpaired) electrons. The lowest BCUT2D eigenvalue weighted by Gasteiger charge is -2.27. The van der Waals surface area contributed by atoms with Gasteiger partial charge in [-0.1, -0.05) is 152 Å². The number of aryl methyl sites for hydroxylation is 1. The third-order valence-corrected chi connectivity index (χ3v) is 11.0. The van der Waals surface area contributed by atoms with Crippen molar-refractivity contribution in [2.45, 2.75) is 6.92 Å². The highest BCUT2D eigenvalue weighted by Gasteiger charge is 2.31. The molecule has 0 spiro atoms. The maximum Gasteiger partial charge on any atom is 0.0645 e. The molecule has 264 valence electrons. The van der Waals surface area contributed by atoms with Crippen molar-refractivity contribution in [3.05, 3.63) is 206 Å². The first kappa shape index (κ1) is 33.2. The molecule has 1 aliphatic carbocycles. The van der Waals surface area contributed by atoms with Crippen molar-refractivity contribution in [3.8, 4) is 55.6 Å². The van der Waals surface area contributed by atoms with Gasteiger partial charge in [-0.05, 0) is 114 Å². The number of hydrogen-bond donors (Lipinski definition) is 0. The number of rotatable bonds is 8. The van der Waals surface area contributed by atoms with Gasteiger partial charge in [-0.25, -0.2) is 0 Å². The average molecular weight is 716 g/mol. The van der Waals surface area contributed by atoms with Gasteiger partial charge in [-0.3, -0.25) is 9.97 Å². The minimum absolute atomic E-state index is 0.940. The minimum Gasteiger partial charge on any atom is -0.308 e. The second kappa shape index (κ2) is 13.8. The molecule has 0 N–H and O–H groups in total. The molecule has 3 nitrogen and oxygen atoms in total. The predicted molar refractivity (Wildman–Crippen MR) is 236 cm³/mol. The van der Waals surface area contributed by atoms with Crippen LogP contribution in [-0.2, 0) is 0 Å². The highest BCUT2D eigenvalue weighted by molar-refractivity contribution is 6.28. The molecule has 0 amide bonds. The summed E-state index contributed by atoms with van der Waals surface area (Å²) in [5.41, 5.74) is 17.5. The fraction of sp³-hybridized carbons (Fsp3) is 0.0189. The van der Waals surface area contributed by atoms with Crippen LogP contribution in [0.2, 0.25) is 0 Å². The van der Waals surface area contributed by atoms with Gasteiger partial charge < -0.3 is 4.90 Å². The monoisotopic (exact) mass is 715 g/mol. The number of allylic oxidation sites excluding steroid dienone is 2. The number of benzene rings is 7. The van der Waals surface area contributed by atoms with Crippen molar-refractivity contribution >= 4 is 44.7 Å². The Bertz CT molecular complexity index is 2890. The Hall–Kier alpha value is -7.36. The van der Waals surface area contributed by atoms with E-state index in [1.54, 1.807) is 6.08 Å². The third-order valence-electron chi connectivity index (χ3n) is 11.0. The summed E-state index contributed by atoms with van der Waals surface area (Å²) in [7, 11) is 0. The number of fused-ring (bicyclic) bond motifs is 4. The van der Waals surface area contributed by atoms with E-state index in [1.165, 1.54) is 71.6 Å². The molecule has 7 aromatic carbocycles. The molecule has 2 aromatic heterocycles.